The minimum Gasteiger partial charge on any atom is -0.353 e. The smallest absolute Gasteiger partial charge is 0.155 e. The lowest BCUT2D eigenvalue weighted by Crippen LogP contribution is -2.40. The average Bonchev–Trinajstić information content (AvgIpc) is 2.03. The van der Waals surface area contributed by atoms with Gasteiger partial charge in [0, 0.05) is 11.0 Å². The van der Waals surface area contributed by atoms with Gasteiger partial charge in [-0.05, 0) is 34.1 Å². The zero-order valence-corrected chi connectivity index (χ0v) is 11.5. The standard InChI is InChI=1S/C10H20FIO2/c1-5-13-8(2)14-10(3,4)9(11)6-7-12/h8-9H,5-7H2,1-4H3. The highest BCUT2D eigenvalue weighted by atomic mass is 127. The van der Waals surface area contributed by atoms with Crippen molar-refractivity contribution in [3.8, 4) is 0 Å². The van der Waals surface area contributed by atoms with Crippen LogP contribution in [0, 0.1) is 0 Å². The molecule has 0 rings (SSSR count). The van der Waals surface area contributed by atoms with Crippen molar-refractivity contribution in [2.45, 2.75) is 52.2 Å². The molecule has 0 aliphatic heterocycles. The first kappa shape index (κ1) is 14.6. The van der Waals surface area contributed by atoms with E-state index in [-0.39, 0.29) is 6.29 Å². The molecule has 0 aromatic heterocycles. The van der Waals surface area contributed by atoms with Crippen LogP contribution in [-0.4, -0.2) is 29.1 Å². The monoisotopic (exact) mass is 318 g/mol. The molecule has 14 heavy (non-hydrogen) atoms. The fourth-order valence-electron chi connectivity index (χ4n) is 1.21. The zero-order chi connectivity index (χ0) is 11.2. The molecule has 0 bridgehead atoms. The molecule has 0 aromatic rings. The Hall–Kier alpha value is 0.580. The Morgan fingerprint density at radius 1 is 1.43 bits per heavy atom. The van der Waals surface area contributed by atoms with Crippen LogP contribution in [-0.2, 0) is 9.47 Å². The van der Waals surface area contributed by atoms with Gasteiger partial charge >= 0.3 is 0 Å². The van der Waals surface area contributed by atoms with Crippen LogP contribution >= 0.6 is 22.6 Å². The minimum atomic E-state index is -0.942. The highest BCUT2D eigenvalue weighted by Crippen LogP contribution is 2.23. The van der Waals surface area contributed by atoms with Gasteiger partial charge in [-0.25, -0.2) is 4.39 Å². The first-order valence-electron chi connectivity index (χ1n) is 4.93. The maximum absolute atomic E-state index is 13.6. The van der Waals surface area contributed by atoms with Gasteiger partial charge in [-0.1, -0.05) is 22.6 Å². The van der Waals surface area contributed by atoms with Gasteiger partial charge in [-0.15, -0.1) is 0 Å². The van der Waals surface area contributed by atoms with Crippen LogP contribution in [0.4, 0.5) is 4.39 Å². The van der Waals surface area contributed by atoms with E-state index < -0.39 is 11.8 Å². The highest BCUT2D eigenvalue weighted by Gasteiger charge is 2.31. The Bertz CT molecular complexity index is 153. The predicted octanol–water partition coefficient (Wildman–Crippen LogP) is 3.33. The molecule has 0 aromatic carbocycles. The molecule has 0 heterocycles. The van der Waals surface area contributed by atoms with Crippen LogP contribution in [0.25, 0.3) is 0 Å². The summed E-state index contributed by atoms with van der Waals surface area (Å²) in [6.07, 6.45) is -0.767. The van der Waals surface area contributed by atoms with Crippen LogP contribution in [0.5, 0.6) is 0 Å². The normalized spacial score (nSPS) is 16.7. The molecule has 4 heteroatoms. The largest absolute Gasteiger partial charge is 0.353 e. The predicted molar refractivity (Wildman–Crippen MR) is 64.7 cm³/mol. The van der Waals surface area contributed by atoms with Gasteiger partial charge in [0.1, 0.15) is 6.17 Å². The molecular formula is C10H20FIO2. The molecule has 0 aliphatic carbocycles. The van der Waals surface area contributed by atoms with E-state index in [0.717, 1.165) is 4.43 Å². The zero-order valence-electron chi connectivity index (χ0n) is 9.35. The van der Waals surface area contributed by atoms with Crippen molar-refractivity contribution >= 4 is 22.6 Å². The van der Waals surface area contributed by atoms with E-state index >= 15 is 0 Å². The summed E-state index contributed by atoms with van der Waals surface area (Å²) in [4.78, 5) is 0. The first-order chi connectivity index (χ1) is 6.44. The second-order valence-electron chi connectivity index (χ2n) is 3.69. The number of alkyl halides is 2. The second kappa shape index (κ2) is 6.95. The molecular weight excluding hydrogens is 298 g/mol. The summed E-state index contributed by atoms with van der Waals surface area (Å²) in [5.41, 5.74) is -0.764. The van der Waals surface area contributed by atoms with Gasteiger partial charge in [0.15, 0.2) is 6.29 Å². The van der Waals surface area contributed by atoms with Crippen LogP contribution in [0.3, 0.4) is 0 Å². The summed E-state index contributed by atoms with van der Waals surface area (Å²) < 4.78 is 25.1. The summed E-state index contributed by atoms with van der Waals surface area (Å²) in [5, 5.41) is 0. The number of hydrogen-bond donors (Lipinski definition) is 0. The minimum absolute atomic E-state index is 0.345. The third-order valence-corrected chi connectivity index (χ3v) is 2.61. The third-order valence-electron chi connectivity index (χ3n) is 1.99. The molecule has 0 aliphatic rings. The Morgan fingerprint density at radius 3 is 2.43 bits per heavy atom. The highest BCUT2D eigenvalue weighted by molar-refractivity contribution is 14.1. The van der Waals surface area contributed by atoms with E-state index in [1.807, 2.05) is 6.92 Å². The van der Waals surface area contributed by atoms with E-state index in [0.29, 0.717) is 13.0 Å². The van der Waals surface area contributed by atoms with E-state index in [9.17, 15) is 4.39 Å². The van der Waals surface area contributed by atoms with Crippen LogP contribution < -0.4 is 0 Å². The van der Waals surface area contributed by atoms with Gasteiger partial charge in [0.2, 0.25) is 0 Å². The van der Waals surface area contributed by atoms with Crippen LogP contribution in [0.2, 0.25) is 0 Å². The van der Waals surface area contributed by atoms with E-state index in [2.05, 4.69) is 22.6 Å². The Labute approximate surface area is 99.7 Å². The molecule has 0 N–H and O–H groups in total. The van der Waals surface area contributed by atoms with E-state index in [1.54, 1.807) is 20.8 Å². The summed E-state index contributed by atoms with van der Waals surface area (Å²) in [5.74, 6) is 0. The number of rotatable bonds is 7. The lowest BCUT2D eigenvalue weighted by atomic mass is 10.0. The molecule has 0 saturated carbocycles. The molecule has 2 atom stereocenters. The molecule has 0 saturated heterocycles. The van der Waals surface area contributed by atoms with Gasteiger partial charge in [-0.2, -0.15) is 0 Å². The number of hydrogen-bond acceptors (Lipinski definition) is 2. The van der Waals surface area contributed by atoms with E-state index in [4.69, 9.17) is 9.47 Å². The Kier molecular flexibility index (Phi) is 7.24. The maximum Gasteiger partial charge on any atom is 0.155 e. The second-order valence-corrected chi connectivity index (χ2v) is 4.77. The maximum atomic E-state index is 13.6. The molecule has 2 unspecified atom stereocenters. The fraction of sp³-hybridized carbons (Fsp3) is 1.00. The summed E-state index contributed by atoms with van der Waals surface area (Å²) in [6, 6.07) is 0. The third kappa shape index (κ3) is 5.46. The average molecular weight is 318 g/mol. The first-order valence-corrected chi connectivity index (χ1v) is 6.46. The fourth-order valence-corrected chi connectivity index (χ4v) is 1.76. The van der Waals surface area contributed by atoms with Gasteiger partial charge in [-0.3, -0.25) is 0 Å². The van der Waals surface area contributed by atoms with Crippen molar-refractivity contribution < 1.29 is 13.9 Å². The van der Waals surface area contributed by atoms with Crippen LogP contribution in [0.1, 0.15) is 34.1 Å². The molecule has 86 valence electrons. The quantitative estimate of drug-likeness (QED) is 0.407. The number of ether oxygens (including phenoxy) is 2. The van der Waals surface area contributed by atoms with Crippen molar-refractivity contribution in [2.75, 3.05) is 11.0 Å². The van der Waals surface area contributed by atoms with Crippen molar-refractivity contribution in [3.63, 3.8) is 0 Å². The van der Waals surface area contributed by atoms with Crippen molar-refractivity contribution in [2.24, 2.45) is 0 Å². The lowest BCUT2D eigenvalue weighted by Gasteiger charge is -2.31. The molecule has 2 nitrogen and oxygen atoms in total. The van der Waals surface area contributed by atoms with Gasteiger partial charge < -0.3 is 9.47 Å². The molecule has 0 amide bonds. The summed E-state index contributed by atoms with van der Waals surface area (Å²) in [7, 11) is 0. The summed E-state index contributed by atoms with van der Waals surface area (Å²) >= 11 is 2.17. The summed E-state index contributed by atoms with van der Waals surface area (Å²) in [6.45, 7) is 7.80. The Balaban J connectivity index is 4.03. The van der Waals surface area contributed by atoms with E-state index in [1.165, 1.54) is 0 Å². The molecule has 0 radical (unpaired) electrons. The lowest BCUT2D eigenvalue weighted by molar-refractivity contribution is -0.207. The van der Waals surface area contributed by atoms with Gasteiger partial charge in [0.25, 0.3) is 0 Å². The van der Waals surface area contributed by atoms with Crippen LogP contribution in [0.15, 0.2) is 0 Å². The van der Waals surface area contributed by atoms with Crippen molar-refractivity contribution in [3.05, 3.63) is 0 Å². The topological polar surface area (TPSA) is 18.5 Å². The van der Waals surface area contributed by atoms with Crippen molar-refractivity contribution in [1.29, 1.82) is 0 Å². The number of halogens is 2. The van der Waals surface area contributed by atoms with Crippen molar-refractivity contribution in [1.82, 2.24) is 0 Å². The SMILES string of the molecule is CCOC(C)OC(C)(C)C(F)CCI. The molecule has 0 fully saturated rings. The molecule has 0 spiro atoms. The Morgan fingerprint density at radius 2 is 2.00 bits per heavy atom. The van der Waals surface area contributed by atoms with Gasteiger partial charge in [0.05, 0.1) is 5.60 Å².